The molecule has 26 heavy (non-hydrogen) atoms. The molecule has 1 heterocycles. The van der Waals surface area contributed by atoms with Crippen LogP contribution in [0.25, 0.3) is 5.70 Å². The molecule has 8 nitrogen and oxygen atoms in total. The summed E-state index contributed by atoms with van der Waals surface area (Å²) >= 11 is 6.23. The van der Waals surface area contributed by atoms with Crippen molar-refractivity contribution in [3.8, 4) is 0 Å². The lowest BCUT2D eigenvalue weighted by molar-refractivity contribution is -0.494. The number of carbonyl (C=O) groups excluding carboxylic acids is 2. The number of benzene rings is 1. The molecular formula is C17H19ClN2O6. The molecule has 0 saturated carbocycles. The Morgan fingerprint density at radius 3 is 2.54 bits per heavy atom. The number of rotatable bonds is 6. The van der Waals surface area contributed by atoms with Gasteiger partial charge in [-0.25, -0.2) is 4.79 Å². The fraction of sp³-hybridized carbons (Fsp3) is 0.412. The molecule has 1 aliphatic heterocycles. The first-order chi connectivity index (χ1) is 12.1. The molecule has 0 saturated heterocycles. The summed E-state index contributed by atoms with van der Waals surface area (Å²) in [6.07, 6.45) is 0. The van der Waals surface area contributed by atoms with E-state index in [0.29, 0.717) is 5.56 Å². The Morgan fingerprint density at radius 2 is 2.04 bits per heavy atom. The largest absolute Gasteiger partial charge is 0.462 e. The van der Waals surface area contributed by atoms with Gasteiger partial charge in [0, 0.05) is 21.6 Å². The maximum Gasteiger partial charge on any atom is 0.339 e. The molecule has 1 aromatic carbocycles. The van der Waals surface area contributed by atoms with Gasteiger partial charge in [0.25, 0.3) is 5.91 Å². The van der Waals surface area contributed by atoms with Crippen LogP contribution >= 0.6 is 11.6 Å². The highest BCUT2D eigenvalue weighted by Crippen LogP contribution is 2.42. The van der Waals surface area contributed by atoms with Crippen LogP contribution in [0.15, 0.2) is 29.8 Å². The first kappa shape index (κ1) is 19.9. The van der Waals surface area contributed by atoms with Crippen molar-refractivity contribution in [1.82, 2.24) is 4.90 Å². The van der Waals surface area contributed by atoms with E-state index in [4.69, 9.17) is 16.3 Å². The Hall–Kier alpha value is -2.45. The van der Waals surface area contributed by atoms with Crippen molar-refractivity contribution in [2.45, 2.75) is 32.4 Å². The first-order valence-corrected chi connectivity index (χ1v) is 8.37. The number of amides is 1. The molecule has 0 aliphatic carbocycles. The lowest BCUT2D eigenvalue weighted by Gasteiger charge is -2.26. The Morgan fingerprint density at radius 1 is 1.42 bits per heavy atom. The number of halogens is 1. The number of aliphatic hydroxyl groups is 1. The third-order valence-electron chi connectivity index (χ3n) is 3.95. The molecular weight excluding hydrogens is 364 g/mol. The van der Waals surface area contributed by atoms with Crippen LogP contribution in [0.5, 0.6) is 0 Å². The van der Waals surface area contributed by atoms with Crippen LogP contribution in [0.4, 0.5) is 0 Å². The van der Waals surface area contributed by atoms with Gasteiger partial charge in [-0.05, 0) is 26.8 Å². The maximum atomic E-state index is 12.9. The highest BCUT2D eigenvalue weighted by atomic mass is 35.5. The van der Waals surface area contributed by atoms with Crippen LogP contribution < -0.4 is 0 Å². The number of carbonyl (C=O) groups is 2. The summed E-state index contributed by atoms with van der Waals surface area (Å²) in [5, 5.41) is 22.2. The summed E-state index contributed by atoms with van der Waals surface area (Å²) in [7, 11) is 0. The van der Waals surface area contributed by atoms with Gasteiger partial charge in [-0.3, -0.25) is 14.9 Å². The number of hydrogen-bond acceptors (Lipinski definition) is 6. The quantitative estimate of drug-likeness (QED) is 0.457. The first-order valence-electron chi connectivity index (χ1n) is 7.99. The van der Waals surface area contributed by atoms with Crippen LogP contribution in [0.3, 0.4) is 0 Å². The van der Waals surface area contributed by atoms with Gasteiger partial charge in [-0.2, -0.15) is 0 Å². The number of esters is 1. The minimum atomic E-state index is -2.63. The van der Waals surface area contributed by atoms with Gasteiger partial charge in [0.05, 0.1) is 12.3 Å². The molecule has 140 valence electrons. The molecule has 0 spiro atoms. The van der Waals surface area contributed by atoms with Crippen molar-refractivity contribution >= 4 is 29.2 Å². The van der Waals surface area contributed by atoms with E-state index in [1.807, 2.05) is 0 Å². The zero-order valence-corrected chi connectivity index (χ0v) is 15.3. The number of hydrogen-bond donors (Lipinski definition) is 1. The van der Waals surface area contributed by atoms with E-state index in [1.165, 1.54) is 0 Å². The third kappa shape index (κ3) is 3.30. The van der Waals surface area contributed by atoms with Gasteiger partial charge in [-0.15, -0.1) is 0 Å². The minimum absolute atomic E-state index is 0.0252. The average Bonchev–Trinajstić information content (AvgIpc) is 2.75. The summed E-state index contributed by atoms with van der Waals surface area (Å²) in [5.74, 6) is -1.95. The predicted molar refractivity (Wildman–Crippen MR) is 93.8 cm³/mol. The zero-order chi connectivity index (χ0) is 19.6. The van der Waals surface area contributed by atoms with Crippen LogP contribution in [-0.4, -0.2) is 51.6 Å². The summed E-state index contributed by atoms with van der Waals surface area (Å²) < 4.78 is 4.97. The highest BCUT2D eigenvalue weighted by molar-refractivity contribution is 6.33. The standard InChI is InChI=1S/C17H19ClN2O6/c1-4-26-15(21)13-14(11-7-5-6-8-12(11)18)20(10(2)3)16(22)17(13,23)9-19(24)25/h5-8,10,23H,4,9H2,1-3H3/t17-/m1/s1. The fourth-order valence-electron chi connectivity index (χ4n) is 2.94. The van der Waals surface area contributed by atoms with Crippen molar-refractivity contribution in [2.75, 3.05) is 13.2 Å². The van der Waals surface area contributed by atoms with Gasteiger partial charge in [0.1, 0.15) is 5.57 Å². The smallest absolute Gasteiger partial charge is 0.339 e. The van der Waals surface area contributed by atoms with Crippen LogP contribution in [0.1, 0.15) is 26.3 Å². The molecule has 0 radical (unpaired) electrons. The second-order valence-electron chi connectivity index (χ2n) is 6.04. The average molecular weight is 383 g/mol. The highest BCUT2D eigenvalue weighted by Gasteiger charge is 2.59. The monoisotopic (exact) mass is 382 g/mol. The van der Waals surface area contributed by atoms with Gasteiger partial charge in [0.2, 0.25) is 12.1 Å². The molecule has 0 unspecified atom stereocenters. The van der Waals surface area contributed by atoms with E-state index >= 15 is 0 Å². The Balaban J connectivity index is 2.85. The molecule has 1 N–H and O–H groups in total. The van der Waals surface area contributed by atoms with Gasteiger partial charge in [-0.1, -0.05) is 29.8 Å². The van der Waals surface area contributed by atoms with Crippen molar-refractivity contribution in [3.63, 3.8) is 0 Å². The topological polar surface area (TPSA) is 110 Å². The van der Waals surface area contributed by atoms with E-state index in [9.17, 15) is 24.8 Å². The molecule has 0 fully saturated rings. The molecule has 0 aromatic heterocycles. The normalized spacial score (nSPS) is 20.1. The molecule has 1 amide bonds. The van der Waals surface area contributed by atoms with Crippen LogP contribution in [-0.2, 0) is 14.3 Å². The minimum Gasteiger partial charge on any atom is -0.462 e. The maximum absolute atomic E-state index is 12.9. The van der Waals surface area contributed by atoms with Gasteiger partial charge >= 0.3 is 5.97 Å². The van der Waals surface area contributed by atoms with Gasteiger partial charge < -0.3 is 14.7 Å². The van der Waals surface area contributed by atoms with E-state index in [0.717, 1.165) is 4.90 Å². The van der Waals surface area contributed by atoms with E-state index in [-0.39, 0.29) is 17.3 Å². The Labute approximate surface area is 155 Å². The summed E-state index contributed by atoms with van der Waals surface area (Å²) in [5.41, 5.74) is -2.77. The van der Waals surface area contributed by atoms with E-state index in [2.05, 4.69) is 0 Å². The SMILES string of the molecule is CCOC(=O)C1=C(c2ccccc2Cl)N(C(C)C)C(=O)[C@@]1(O)C[N+](=O)[O-]. The number of nitrogens with zero attached hydrogens (tertiary/aromatic N) is 2. The summed E-state index contributed by atoms with van der Waals surface area (Å²) in [6.45, 7) is 3.70. The van der Waals surface area contributed by atoms with Crippen LogP contribution in [0.2, 0.25) is 5.02 Å². The summed E-state index contributed by atoms with van der Waals surface area (Å²) in [6, 6.07) is 5.94. The molecule has 0 bridgehead atoms. The molecule has 1 atom stereocenters. The van der Waals surface area contributed by atoms with Crippen molar-refractivity contribution in [3.05, 3.63) is 50.5 Å². The molecule has 1 aromatic rings. The van der Waals surface area contributed by atoms with Crippen molar-refractivity contribution in [1.29, 1.82) is 0 Å². The van der Waals surface area contributed by atoms with Crippen LogP contribution in [0, 0.1) is 10.1 Å². The number of nitro groups is 1. The second-order valence-corrected chi connectivity index (χ2v) is 6.45. The fourth-order valence-corrected chi connectivity index (χ4v) is 3.16. The Kier molecular flexibility index (Phi) is 5.68. The lowest BCUT2D eigenvalue weighted by atomic mass is 9.93. The molecule has 9 heteroatoms. The van der Waals surface area contributed by atoms with E-state index < -0.39 is 40.6 Å². The van der Waals surface area contributed by atoms with Gasteiger partial charge in [0.15, 0.2) is 0 Å². The summed E-state index contributed by atoms with van der Waals surface area (Å²) in [4.78, 5) is 36.9. The second kappa shape index (κ2) is 7.43. The van der Waals surface area contributed by atoms with Crippen molar-refractivity contribution < 1.29 is 24.4 Å². The molecule has 1 aliphatic rings. The third-order valence-corrected chi connectivity index (χ3v) is 4.28. The lowest BCUT2D eigenvalue weighted by Crippen LogP contribution is -2.50. The van der Waals surface area contributed by atoms with E-state index in [1.54, 1.807) is 45.0 Å². The molecule has 2 rings (SSSR count). The Bertz CT molecular complexity index is 791. The van der Waals surface area contributed by atoms with Crippen molar-refractivity contribution in [2.24, 2.45) is 0 Å². The predicted octanol–water partition coefficient (Wildman–Crippen LogP) is 1.87. The number of ether oxygens (including phenoxy) is 1. The zero-order valence-electron chi connectivity index (χ0n) is 14.6.